The Bertz CT molecular complexity index is 1380. The molecule has 7 heteroatoms. The Hall–Kier alpha value is -3.45. The molecule has 2 heterocycles. The first-order chi connectivity index (χ1) is 15.5. The summed E-state index contributed by atoms with van der Waals surface area (Å²) in [5.74, 6) is 0.284. The van der Waals surface area contributed by atoms with Crippen molar-refractivity contribution in [2.24, 2.45) is 4.99 Å². The Kier molecular flexibility index (Phi) is 6.10. The molecule has 0 fully saturated rings. The molecule has 0 spiro atoms. The summed E-state index contributed by atoms with van der Waals surface area (Å²) >= 11 is 1.31. The fraction of sp³-hybridized carbons (Fsp3) is 0.240. The van der Waals surface area contributed by atoms with Crippen LogP contribution in [0.3, 0.4) is 0 Å². The highest BCUT2D eigenvalue weighted by Gasteiger charge is 2.33. The molecule has 1 atom stereocenters. The summed E-state index contributed by atoms with van der Waals surface area (Å²) in [6.45, 7) is 3.91. The lowest BCUT2D eigenvalue weighted by Crippen LogP contribution is -2.40. The van der Waals surface area contributed by atoms with E-state index in [4.69, 9.17) is 9.47 Å². The zero-order valence-electron chi connectivity index (χ0n) is 18.4. The number of rotatable bonds is 5. The maximum atomic E-state index is 13.6. The van der Waals surface area contributed by atoms with Crippen molar-refractivity contribution in [3.8, 4) is 5.75 Å². The predicted molar refractivity (Wildman–Crippen MR) is 125 cm³/mol. The van der Waals surface area contributed by atoms with Gasteiger partial charge >= 0.3 is 5.97 Å². The number of ether oxygens (including phenoxy) is 2. The maximum Gasteiger partial charge on any atom is 0.338 e. The van der Waals surface area contributed by atoms with Gasteiger partial charge in [0.2, 0.25) is 0 Å². The minimum atomic E-state index is -0.593. The zero-order valence-corrected chi connectivity index (χ0v) is 19.2. The first-order valence-electron chi connectivity index (χ1n) is 10.3. The van der Waals surface area contributed by atoms with Gasteiger partial charge in [0.05, 0.1) is 36.1 Å². The summed E-state index contributed by atoms with van der Waals surface area (Å²) in [4.78, 5) is 31.6. The van der Waals surface area contributed by atoms with Crippen molar-refractivity contribution >= 4 is 23.4 Å². The van der Waals surface area contributed by atoms with Gasteiger partial charge in [0.15, 0.2) is 4.80 Å². The number of esters is 1. The van der Waals surface area contributed by atoms with E-state index >= 15 is 0 Å². The third kappa shape index (κ3) is 3.80. The fourth-order valence-corrected chi connectivity index (χ4v) is 4.91. The molecule has 0 N–H and O–H groups in total. The van der Waals surface area contributed by atoms with Crippen LogP contribution < -0.4 is 19.6 Å². The molecular formula is C25H24N2O4S. The van der Waals surface area contributed by atoms with E-state index in [0.29, 0.717) is 27.0 Å². The summed E-state index contributed by atoms with van der Waals surface area (Å²) in [5, 5.41) is 0. The monoisotopic (exact) mass is 448 g/mol. The summed E-state index contributed by atoms with van der Waals surface area (Å²) in [6.07, 6.45) is 2.38. The normalized spacial score (nSPS) is 15.9. The highest BCUT2D eigenvalue weighted by atomic mass is 32.1. The second-order valence-electron chi connectivity index (χ2n) is 7.43. The van der Waals surface area contributed by atoms with Crippen LogP contribution in [0, 0.1) is 6.92 Å². The summed E-state index contributed by atoms with van der Waals surface area (Å²) in [7, 11) is 2.97. The van der Waals surface area contributed by atoms with Crippen molar-refractivity contribution in [3.63, 3.8) is 0 Å². The number of fused-ring (bicyclic) bond motifs is 1. The van der Waals surface area contributed by atoms with Crippen molar-refractivity contribution in [2.75, 3.05) is 14.2 Å². The van der Waals surface area contributed by atoms with E-state index in [1.807, 2.05) is 68.5 Å². The van der Waals surface area contributed by atoms with E-state index in [1.165, 1.54) is 18.4 Å². The van der Waals surface area contributed by atoms with E-state index in [0.717, 1.165) is 22.4 Å². The van der Waals surface area contributed by atoms with Crippen LogP contribution in [-0.2, 0) is 9.53 Å². The fourth-order valence-electron chi connectivity index (χ4n) is 3.89. The number of hydrogen-bond donors (Lipinski definition) is 0. The van der Waals surface area contributed by atoms with Gasteiger partial charge < -0.3 is 9.47 Å². The van der Waals surface area contributed by atoms with Crippen LogP contribution in [-0.4, -0.2) is 24.8 Å². The Labute approximate surface area is 189 Å². The third-order valence-corrected chi connectivity index (χ3v) is 6.48. The number of aromatic nitrogens is 1. The first-order valence-corrected chi connectivity index (χ1v) is 11.1. The molecule has 6 nitrogen and oxygen atoms in total. The summed E-state index contributed by atoms with van der Waals surface area (Å²) < 4.78 is 12.6. The number of benzene rings is 2. The molecule has 0 bridgehead atoms. The molecular weight excluding hydrogens is 424 g/mol. The Morgan fingerprint density at radius 3 is 2.59 bits per heavy atom. The molecule has 0 aliphatic carbocycles. The van der Waals surface area contributed by atoms with E-state index in [2.05, 4.69) is 4.99 Å². The largest absolute Gasteiger partial charge is 0.496 e. The molecule has 1 aliphatic heterocycles. The second-order valence-corrected chi connectivity index (χ2v) is 8.44. The highest BCUT2D eigenvalue weighted by Crippen LogP contribution is 2.31. The van der Waals surface area contributed by atoms with Crippen molar-refractivity contribution in [1.29, 1.82) is 0 Å². The second kappa shape index (κ2) is 8.96. The lowest BCUT2D eigenvalue weighted by atomic mass is 9.95. The molecule has 0 amide bonds. The van der Waals surface area contributed by atoms with Crippen LogP contribution >= 0.6 is 11.3 Å². The Morgan fingerprint density at radius 1 is 1.19 bits per heavy atom. The van der Waals surface area contributed by atoms with E-state index in [-0.39, 0.29) is 5.56 Å². The number of thiazole rings is 1. The number of hydrogen-bond acceptors (Lipinski definition) is 6. The van der Waals surface area contributed by atoms with E-state index < -0.39 is 12.0 Å². The van der Waals surface area contributed by atoms with Crippen LogP contribution in [0.2, 0.25) is 0 Å². The number of allylic oxidation sites excluding steroid dienone is 1. The number of methoxy groups -OCH3 is 2. The SMILES string of the molecule is CCC1=C(C(=O)OC)[C@H](c2ccccc2)n2c(s/c(=C/c3ccc(C)c(OC)c3)c2=O)=N1. The molecule has 3 aromatic rings. The number of nitrogens with zero attached hydrogens (tertiary/aromatic N) is 2. The number of aryl methyl sites for hydroxylation is 1. The van der Waals surface area contributed by atoms with Gasteiger partial charge in [0.25, 0.3) is 5.56 Å². The molecule has 1 aromatic heterocycles. The van der Waals surface area contributed by atoms with Gasteiger partial charge in [-0.1, -0.05) is 60.7 Å². The molecule has 0 saturated carbocycles. The average Bonchev–Trinajstić information content (AvgIpc) is 3.13. The van der Waals surface area contributed by atoms with Gasteiger partial charge in [-0.3, -0.25) is 9.36 Å². The van der Waals surface area contributed by atoms with Crippen molar-refractivity contribution < 1.29 is 14.3 Å². The van der Waals surface area contributed by atoms with Crippen molar-refractivity contribution in [3.05, 3.63) is 96.2 Å². The van der Waals surface area contributed by atoms with Crippen LogP contribution in [0.25, 0.3) is 6.08 Å². The zero-order chi connectivity index (χ0) is 22.8. The van der Waals surface area contributed by atoms with E-state index in [1.54, 1.807) is 11.7 Å². The molecule has 2 aromatic carbocycles. The minimum absolute atomic E-state index is 0.196. The van der Waals surface area contributed by atoms with Crippen LogP contribution in [0.1, 0.15) is 36.1 Å². The molecule has 4 rings (SSSR count). The lowest BCUT2D eigenvalue weighted by molar-refractivity contribution is -0.136. The number of carbonyl (C=O) groups excluding carboxylic acids is 1. The highest BCUT2D eigenvalue weighted by molar-refractivity contribution is 7.07. The van der Waals surface area contributed by atoms with Crippen LogP contribution in [0.5, 0.6) is 5.75 Å². The smallest absolute Gasteiger partial charge is 0.338 e. The first kappa shape index (κ1) is 21.8. The Morgan fingerprint density at radius 2 is 1.94 bits per heavy atom. The van der Waals surface area contributed by atoms with Gasteiger partial charge in [-0.05, 0) is 42.2 Å². The minimum Gasteiger partial charge on any atom is -0.496 e. The molecule has 0 radical (unpaired) electrons. The van der Waals surface area contributed by atoms with Crippen molar-refractivity contribution in [1.82, 2.24) is 4.57 Å². The van der Waals surface area contributed by atoms with Gasteiger partial charge in [-0.25, -0.2) is 9.79 Å². The summed E-state index contributed by atoms with van der Waals surface area (Å²) in [5.41, 5.74) is 3.55. The van der Waals surface area contributed by atoms with Crippen molar-refractivity contribution in [2.45, 2.75) is 26.3 Å². The van der Waals surface area contributed by atoms with Crippen LogP contribution in [0.4, 0.5) is 0 Å². The molecule has 32 heavy (non-hydrogen) atoms. The standard InChI is InChI=1S/C25H24N2O4S/c1-5-18-21(24(29)31-4)22(17-9-7-6-8-10-17)27-23(28)20(32-25(27)26-18)14-16-12-11-15(2)19(13-16)30-3/h6-14,22H,5H2,1-4H3/b20-14+/t22-/m0/s1. The van der Waals surface area contributed by atoms with Gasteiger partial charge in [0, 0.05) is 0 Å². The quantitative estimate of drug-likeness (QED) is 0.563. The third-order valence-electron chi connectivity index (χ3n) is 5.50. The summed E-state index contributed by atoms with van der Waals surface area (Å²) in [6, 6.07) is 14.7. The predicted octanol–water partition coefficient (Wildman–Crippen LogP) is 3.12. The van der Waals surface area contributed by atoms with Gasteiger partial charge in [-0.15, -0.1) is 0 Å². The van der Waals surface area contributed by atoms with Gasteiger partial charge in [-0.2, -0.15) is 0 Å². The van der Waals surface area contributed by atoms with Gasteiger partial charge in [0.1, 0.15) is 5.75 Å². The topological polar surface area (TPSA) is 69.9 Å². The molecule has 1 aliphatic rings. The number of carbonyl (C=O) groups is 1. The maximum absolute atomic E-state index is 13.6. The molecule has 0 unspecified atom stereocenters. The van der Waals surface area contributed by atoms with Crippen LogP contribution in [0.15, 0.2) is 69.6 Å². The average molecular weight is 449 g/mol. The molecule has 164 valence electrons. The van der Waals surface area contributed by atoms with E-state index in [9.17, 15) is 9.59 Å². The molecule has 0 saturated heterocycles. The lowest BCUT2D eigenvalue weighted by Gasteiger charge is -2.25. The Balaban J connectivity index is 1.98.